The van der Waals surface area contributed by atoms with Gasteiger partial charge in [0.25, 0.3) is 0 Å². The summed E-state index contributed by atoms with van der Waals surface area (Å²) in [6, 6.07) is 12.7. The first-order valence-corrected chi connectivity index (χ1v) is 6.86. The molecular weight excluding hydrogens is 244 g/mol. The second-order valence-corrected chi connectivity index (χ2v) is 5.29. The van der Waals surface area contributed by atoms with E-state index >= 15 is 0 Å². The van der Waals surface area contributed by atoms with Gasteiger partial charge in [0.15, 0.2) is 0 Å². The lowest BCUT2D eigenvalue weighted by atomic mass is 9.91. The lowest BCUT2D eigenvalue weighted by Gasteiger charge is -2.23. The minimum absolute atomic E-state index is 0.667. The summed E-state index contributed by atoms with van der Waals surface area (Å²) in [5, 5.41) is 4.15. The average molecular weight is 261 g/mol. The lowest BCUT2D eigenvalue weighted by molar-refractivity contribution is 0.461. The van der Waals surface area contributed by atoms with Crippen LogP contribution in [-0.4, -0.2) is 18.1 Å². The molecule has 2 aromatic rings. The molecule has 2 heterocycles. The highest BCUT2D eigenvalue weighted by atomic mass is 35.5. The summed E-state index contributed by atoms with van der Waals surface area (Å²) < 4.78 is 0. The van der Waals surface area contributed by atoms with Crippen LogP contribution in [0.25, 0.3) is 11.3 Å². The number of H-pyrrole nitrogens is 1. The molecule has 1 atom stereocenters. The molecule has 2 nitrogen and oxygen atoms in total. The zero-order valence-electron chi connectivity index (χ0n) is 10.2. The van der Waals surface area contributed by atoms with Crippen LogP contribution in [0, 0.1) is 0 Å². The summed E-state index contributed by atoms with van der Waals surface area (Å²) in [5.41, 5.74) is 3.70. The fraction of sp³-hybridized carbons (Fsp3) is 0.333. The number of rotatable bonds is 2. The molecule has 1 aliphatic rings. The standard InChI is InChI=1S/C15H17ClN2/c16-15-8-7-14(18-15)12-5-3-11(4-6-12)13-2-1-9-17-10-13/h3-8,13,17-18H,1-2,9-10H2. The first kappa shape index (κ1) is 11.8. The van der Waals surface area contributed by atoms with Crippen molar-refractivity contribution in [1.82, 2.24) is 10.3 Å². The third-order valence-corrected chi connectivity index (χ3v) is 3.86. The number of halogens is 1. The summed E-state index contributed by atoms with van der Waals surface area (Å²) in [5.74, 6) is 0.667. The number of aromatic amines is 1. The van der Waals surface area contributed by atoms with E-state index in [2.05, 4.69) is 34.6 Å². The van der Waals surface area contributed by atoms with Gasteiger partial charge < -0.3 is 10.3 Å². The Bertz CT molecular complexity index is 510. The van der Waals surface area contributed by atoms with Gasteiger partial charge in [-0.15, -0.1) is 0 Å². The van der Waals surface area contributed by atoms with Gasteiger partial charge in [-0.25, -0.2) is 0 Å². The predicted molar refractivity (Wildman–Crippen MR) is 76.1 cm³/mol. The van der Waals surface area contributed by atoms with E-state index in [0.717, 1.165) is 18.8 Å². The normalized spacial score (nSPS) is 19.9. The molecule has 18 heavy (non-hydrogen) atoms. The average Bonchev–Trinajstić information content (AvgIpc) is 2.87. The molecule has 0 amide bonds. The highest BCUT2D eigenvalue weighted by molar-refractivity contribution is 6.29. The molecule has 1 fully saturated rings. The zero-order valence-corrected chi connectivity index (χ0v) is 11.0. The largest absolute Gasteiger partial charge is 0.346 e. The fourth-order valence-electron chi connectivity index (χ4n) is 2.61. The highest BCUT2D eigenvalue weighted by Gasteiger charge is 2.14. The van der Waals surface area contributed by atoms with Gasteiger partial charge in [-0.3, -0.25) is 0 Å². The molecule has 0 aliphatic carbocycles. The highest BCUT2D eigenvalue weighted by Crippen LogP contribution is 2.26. The van der Waals surface area contributed by atoms with E-state index in [1.165, 1.54) is 24.0 Å². The van der Waals surface area contributed by atoms with Crippen LogP contribution >= 0.6 is 11.6 Å². The zero-order chi connectivity index (χ0) is 12.4. The second kappa shape index (κ2) is 5.17. The van der Waals surface area contributed by atoms with Crippen LogP contribution in [0.5, 0.6) is 0 Å². The second-order valence-electron chi connectivity index (χ2n) is 4.89. The van der Waals surface area contributed by atoms with Gasteiger partial charge in [-0.2, -0.15) is 0 Å². The van der Waals surface area contributed by atoms with Crippen LogP contribution in [-0.2, 0) is 0 Å². The van der Waals surface area contributed by atoms with Crippen LogP contribution in [0.2, 0.25) is 5.15 Å². The van der Waals surface area contributed by atoms with Gasteiger partial charge >= 0.3 is 0 Å². The Morgan fingerprint density at radius 2 is 1.89 bits per heavy atom. The Kier molecular flexibility index (Phi) is 3.39. The van der Waals surface area contributed by atoms with Gasteiger partial charge in [0.1, 0.15) is 5.15 Å². The molecule has 1 unspecified atom stereocenters. The van der Waals surface area contributed by atoms with E-state index in [-0.39, 0.29) is 0 Å². The quantitative estimate of drug-likeness (QED) is 0.845. The summed E-state index contributed by atoms with van der Waals surface area (Å²) in [7, 11) is 0. The van der Waals surface area contributed by atoms with E-state index in [9.17, 15) is 0 Å². The van der Waals surface area contributed by atoms with Crippen molar-refractivity contribution in [2.24, 2.45) is 0 Å². The minimum atomic E-state index is 0.667. The van der Waals surface area contributed by atoms with Crippen molar-refractivity contribution in [2.45, 2.75) is 18.8 Å². The summed E-state index contributed by atoms with van der Waals surface area (Å²) >= 11 is 5.90. The molecule has 1 aromatic carbocycles. The summed E-state index contributed by atoms with van der Waals surface area (Å²) in [4.78, 5) is 3.14. The van der Waals surface area contributed by atoms with Crippen LogP contribution in [0.4, 0.5) is 0 Å². The summed E-state index contributed by atoms with van der Waals surface area (Å²) in [6.07, 6.45) is 2.57. The number of piperidine rings is 1. The number of hydrogen-bond acceptors (Lipinski definition) is 1. The number of benzene rings is 1. The Morgan fingerprint density at radius 3 is 2.50 bits per heavy atom. The number of nitrogens with one attached hydrogen (secondary N) is 2. The van der Waals surface area contributed by atoms with Crippen LogP contribution in [0.3, 0.4) is 0 Å². The molecule has 3 rings (SSSR count). The van der Waals surface area contributed by atoms with Crippen LogP contribution in [0.1, 0.15) is 24.3 Å². The van der Waals surface area contributed by atoms with Gasteiger partial charge in [-0.1, -0.05) is 35.9 Å². The van der Waals surface area contributed by atoms with Crippen molar-refractivity contribution in [3.63, 3.8) is 0 Å². The Balaban J connectivity index is 1.80. The van der Waals surface area contributed by atoms with Crippen LogP contribution < -0.4 is 5.32 Å². The van der Waals surface area contributed by atoms with E-state index < -0.39 is 0 Å². The molecule has 0 saturated carbocycles. The van der Waals surface area contributed by atoms with E-state index in [1.807, 2.05) is 12.1 Å². The van der Waals surface area contributed by atoms with Crippen molar-refractivity contribution >= 4 is 11.6 Å². The fourth-order valence-corrected chi connectivity index (χ4v) is 2.77. The topological polar surface area (TPSA) is 27.8 Å². The minimum Gasteiger partial charge on any atom is -0.346 e. The lowest BCUT2D eigenvalue weighted by Crippen LogP contribution is -2.28. The first-order valence-electron chi connectivity index (χ1n) is 6.48. The number of hydrogen-bond donors (Lipinski definition) is 2. The van der Waals surface area contributed by atoms with Crippen molar-refractivity contribution in [3.8, 4) is 11.3 Å². The molecule has 0 bridgehead atoms. The maximum absolute atomic E-state index is 5.90. The Labute approximate surface area is 112 Å². The molecule has 1 aromatic heterocycles. The summed E-state index contributed by atoms with van der Waals surface area (Å²) in [6.45, 7) is 2.27. The molecule has 0 spiro atoms. The maximum atomic E-state index is 5.90. The third kappa shape index (κ3) is 2.45. The molecule has 1 saturated heterocycles. The maximum Gasteiger partial charge on any atom is 0.106 e. The molecule has 1 aliphatic heterocycles. The molecular formula is C15H17ClN2. The number of aromatic nitrogens is 1. The third-order valence-electron chi connectivity index (χ3n) is 3.64. The smallest absolute Gasteiger partial charge is 0.106 e. The van der Waals surface area contributed by atoms with Gasteiger partial charge in [-0.05, 0) is 48.6 Å². The van der Waals surface area contributed by atoms with Crippen LogP contribution in [0.15, 0.2) is 36.4 Å². The van der Waals surface area contributed by atoms with E-state index in [0.29, 0.717) is 11.1 Å². The van der Waals surface area contributed by atoms with Gasteiger partial charge in [0.05, 0.1) is 0 Å². The van der Waals surface area contributed by atoms with Crippen molar-refractivity contribution in [3.05, 3.63) is 47.1 Å². The van der Waals surface area contributed by atoms with E-state index in [1.54, 1.807) is 0 Å². The van der Waals surface area contributed by atoms with Crippen molar-refractivity contribution in [1.29, 1.82) is 0 Å². The predicted octanol–water partition coefficient (Wildman–Crippen LogP) is 3.80. The molecule has 2 N–H and O–H groups in total. The van der Waals surface area contributed by atoms with Gasteiger partial charge in [0, 0.05) is 12.2 Å². The first-order chi connectivity index (χ1) is 8.83. The molecule has 0 radical (unpaired) electrons. The van der Waals surface area contributed by atoms with Crippen molar-refractivity contribution in [2.75, 3.05) is 13.1 Å². The SMILES string of the molecule is Clc1ccc(-c2ccc(C3CCCNC3)cc2)[nH]1. The van der Waals surface area contributed by atoms with Crippen molar-refractivity contribution < 1.29 is 0 Å². The monoisotopic (exact) mass is 260 g/mol. The Hall–Kier alpha value is -1.25. The van der Waals surface area contributed by atoms with Gasteiger partial charge in [0.2, 0.25) is 0 Å². The molecule has 3 heteroatoms. The Morgan fingerprint density at radius 1 is 1.06 bits per heavy atom. The van der Waals surface area contributed by atoms with E-state index in [4.69, 9.17) is 11.6 Å². The molecule has 94 valence electrons.